The Morgan fingerprint density at radius 1 is 1.10 bits per heavy atom. The summed E-state index contributed by atoms with van der Waals surface area (Å²) in [5, 5.41) is 12.6. The van der Waals surface area contributed by atoms with Crippen LogP contribution in [0.2, 0.25) is 0 Å². The summed E-state index contributed by atoms with van der Waals surface area (Å²) < 4.78 is 16.4. The average Bonchev–Trinajstić information content (AvgIpc) is 3.23. The van der Waals surface area contributed by atoms with Crippen LogP contribution in [0.25, 0.3) is 0 Å². The normalized spacial score (nSPS) is 25.7. The lowest BCUT2D eigenvalue weighted by molar-refractivity contribution is -0.136. The Kier molecular flexibility index (Phi) is 6.01. The Labute approximate surface area is 169 Å². The average molecular weight is 402 g/mol. The molecule has 3 heterocycles. The van der Waals surface area contributed by atoms with E-state index in [4.69, 9.17) is 14.2 Å². The number of nitrogens with zero attached hydrogens (tertiary/aromatic N) is 1. The predicted molar refractivity (Wildman–Crippen MR) is 104 cm³/mol. The number of hydrogen-bond acceptors (Lipinski definition) is 6. The molecule has 0 radical (unpaired) electrons. The van der Waals surface area contributed by atoms with E-state index in [1.807, 2.05) is 4.90 Å². The van der Waals surface area contributed by atoms with Gasteiger partial charge in [0, 0.05) is 18.7 Å². The Bertz CT molecular complexity index is 789. The van der Waals surface area contributed by atoms with Gasteiger partial charge in [0.2, 0.25) is 12.7 Å². The fourth-order valence-electron chi connectivity index (χ4n) is 3.85. The highest BCUT2D eigenvalue weighted by Gasteiger charge is 2.30. The maximum absolute atomic E-state index is 12.6. The van der Waals surface area contributed by atoms with E-state index in [0.717, 1.165) is 25.9 Å². The Balaban J connectivity index is 1.36. The van der Waals surface area contributed by atoms with Crippen LogP contribution in [0.1, 0.15) is 36.0 Å². The van der Waals surface area contributed by atoms with Crippen molar-refractivity contribution in [3.05, 3.63) is 35.9 Å². The van der Waals surface area contributed by atoms with Gasteiger partial charge < -0.3 is 29.5 Å². The summed E-state index contributed by atoms with van der Waals surface area (Å²) in [6.07, 6.45) is 6.07. The highest BCUT2D eigenvalue weighted by atomic mass is 16.7. The van der Waals surface area contributed by atoms with Crippen LogP contribution in [-0.2, 0) is 9.53 Å². The zero-order valence-electron chi connectivity index (χ0n) is 16.2. The van der Waals surface area contributed by atoms with Crippen molar-refractivity contribution in [1.82, 2.24) is 10.2 Å². The molecule has 1 fully saturated rings. The third kappa shape index (κ3) is 4.54. The summed E-state index contributed by atoms with van der Waals surface area (Å²) in [5.74, 6) is 0.904. The van der Waals surface area contributed by atoms with E-state index in [1.165, 1.54) is 6.42 Å². The molecule has 3 atom stereocenters. The van der Waals surface area contributed by atoms with Gasteiger partial charge in [0.25, 0.3) is 5.91 Å². The number of rotatable bonds is 5. The van der Waals surface area contributed by atoms with E-state index in [2.05, 4.69) is 5.32 Å². The molecule has 0 unspecified atom stereocenters. The summed E-state index contributed by atoms with van der Waals surface area (Å²) in [4.78, 5) is 26.9. The fourth-order valence-corrected chi connectivity index (χ4v) is 3.85. The molecule has 4 rings (SSSR count). The highest BCUT2D eigenvalue weighted by Crippen LogP contribution is 2.32. The lowest BCUT2D eigenvalue weighted by Crippen LogP contribution is -2.49. The SMILES string of the molecule is O=C(N[C@H]1C=C[C@H](CC(=O)N2CCCCC2)O[C@@H]1CO)c1ccc2c(c1)OCO2. The second-order valence-corrected chi connectivity index (χ2v) is 7.49. The van der Waals surface area contributed by atoms with Crippen molar-refractivity contribution in [2.45, 2.75) is 43.9 Å². The largest absolute Gasteiger partial charge is 0.454 e. The van der Waals surface area contributed by atoms with Crippen molar-refractivity contribution in [3.8, 4) is 11.5 Å². The third-order valence-electron chi connectivity index (χ3n) is 5.48. The molecule has 0 saturated carbocycles. The number of ether oxygens (including phenoxy) is 3. The minimum atomic E-state index is -0.614. The zero-order valence-corrected chi connectivity index (χ0v) is 16.2. The number of aliphatic hydroxyl groups excluding tert-OH is 1. The number of amides is 2. The summed E-state index contributed by atoms with van der Waals surface area (Å²) in [6.45, 7) is 1.48. The van der Waals surface area contributed by atoms with E-state index < -0.39 is 18.2 Å². The van der Waals surface area contributed by atoms with Crippen LogP contribution < -0.4 is 14.8 Å². The van der Waals surface area contributed by atoms with Crippen LogP contribution in [0.3, 0.4) is 0 Å². The molecule has 1 aromatic rings. The molecule has 0 bridgehead atoms. The van der Waals surface area contributed by atoms with Crippen LogP contribution in [0.5, 0.6) is 11.5 Å². The molecular formula is C21H26N2O6. The minimum absolute atomic E-state index is 0.0684. The van der Waals surface area contributed by atoms with Gasteiger partial charge in [0.05, 0.1) is 25.2 Å². The highest BCUT2D eigenvalue weighted by molar-refractivity contribution is 5.95. The summed E-state index contributed by atoms with van der Waals surface area (Å²) >= 11 is 0. The standard InChI is InChI=1S/C21H26N2O6/c24-12-19-16(22-21(26)14-4-7-17-18(10-14)28-13-27-17)6-5-15(29-19)11-20(25)23-8-2-1-3-9-23/h4-7,10,15-16,19,24H,1-3,8-9,11-13H2,(H,22,26)/t15-,16+,19-/m1/s1. The number of hydrogen-bond donors (Lipinski definition) is 2. The van der Waals surface area contributed by atoms with Gasteiger partial charge in [0.1, 0.15) is 6.10 Å². The molecule has 0 aliphatic carbocycles. The molecule has 3 aliphatic heterocycles. The number of carbonyl (C=O) groups is 2. The van der Waals surface area contributed by atoms with Crippen molar-refractivity contribution in [3.63, 3.8) is 0 Å². The Hall–Kier alpha value is -2.58. The van der Waals surface area contributed by atoms with Crippen LogP contribution >= 0.6 is 0 Å². The first-order valence-electron chi connectivity index (χ1n) is 10.1. The van der Waals surface area contributed by atoms with Gasteiger partial charge >= 0.3 is 0 Å². The monoisotopic (exact) mass is 402 g/mol. The second-order valence-electron chi connectivity index (χ2n) is 7.49. The quantitative estimate of drug-likeness (QED) is 0.719. The van der Waals surface area contributed by atoms with Gasteiger partial charge in [-0.25, -0.2) is 0 Å². The minimum Gasteiger partial charge on any atom is -0.454 e. The van der Waals surface area contributed by atoms with E-state index in [-0.39, 0.29) is 31.6 Å². The molecule has 0 aromatic heterocycles. The van der Waals surface area contributed by atoms with E-state index in [1.54, 1.807) is 30.4 Å². The number of nitrogens with one attached hydrogen (secondary N) is 1. The summed E-state index contributed by atoms with van der Waals surface area (Å²) in [5.41, 5.74) is 0.432. The topological polar surface area (TPSA) is 97.3 Å². The first-order valence-corrected chi connectivity index (χ1v) is 10.1. The number of likely N-dealkylation sites (tertiary alicyclic amines) is 1. The van der Waals surface area contributed by atoms with Crippen molar-refractivity contribution in [2.24, 2.45) is 0 Å². The van der Waals surface area contributed by atoms with Crippen LogP contribution in [0.15, 0.2) is 30.4 Å². The molecular weight excluding hydrogens is 376 g/mol. The molecule has 2 N–H and O–H groups in total. The smallest absolute Gasteiger partial charge is 0.251 e. The molecule has 1 saturated heterocycles. The van der Waals surface area contributed by atoms with Crippen molar-refractivity contribution in [1.29, 1.82) is 0 Å². The van der Waals surface area contributed by atoms with E-state index >= 15 is 0 Å². The molecule has 2 amide bonds. The fraction of sp³-hybridized carbons (Fsp3) is 0.524. The molecule has 29 heavy (non-hydrogen) atoms. The second kappa shape index (κ2) is 8.84. The lowest BCUT2D eigenvalue weighted by Gasteiger charge is -2.33. The summed E-state index contributed by atoms with van der Waals surface area (Å²) in [6, 6.07) is 4.49. The molecule has 3 aliphatic rings. The van der Waals surface area contributed by atoms with Crippen LogP contribution in [0.4, 0.5) is 0 Å². The zero-order chi connectivity index (χ0) is 20.2. The first kappa shape index (κ1) is 19.7. The lowest BCUT2D eigenvalue weighted by atomic mass is 10.0. The van der Waals surface area contributed by atoms with Gasteiger partial charge in [-0.3, -0.25) is 9.59 Å². The molecule has 156 valence electrons. The number of benzene rings is 1. The van der Waals surface area contributed by atoms with E-state index in [0.29, 0.717) is 17.1 Å². The molecule has 8 heteroatoms. The Morgan fingerprint density at radius 2 is 1.90 bits per heavy atom. The van der Waals surface area contributed by atoms with Gasteiger partial charge in [0.15, 0.2) is 11.5 Å². The maximum atomic E-state index is 12.6. The van der Waals surface area contributed by atoms with Crippen LogP contribution in [-0.4, -0.2) is 66.6 Å². The number of carbonyl (C=O) groups excluding carboxylic acids is 2. The Morgan fingerprint density at radius 3 is 2.69 bits per heavy atom. The molecule has 8 nitrogen and oxygen atoms in total. The van der Waals surface area contributed by atoms with Gasteiger partial charge in [-0.1, -0.05) is 12.2 Å². The number of piperidine rings is 1. The molecule has 1 aromatic carbocycles. The van der Waals surface area contributed by atoms with Crippen molar-refractivity contribution in [2.75, 3.05) is 26.5 Å². The van der Waals surface area contributed by atoms with Crippen molar-refractivity contribution < 1.29 is 28.9 Å². The van der Waals surface area contributed by atoms with Gasteiger partial charge in [-0.2, -0.15) is 0 Å². The predicted octanol–water partition coefficient (Wildman–Crippen LogP) is 1.23. The van der Waals surface area contributed by atoms with Crippen LogP contribution in [0, 0.1) is 0 Å². The third-order valence-corrected chi connectivity index (χ3v) is 5.48. The van der Waals surface area contributed by atoms with Gasteiger partial charge in [-0.05, 0) is 37.5 Å². The number of fused-ring (bicyclic) bond motifs is 1. The van der Waals surface area contributed by atoms with Gasteiger partial charge in [-0.15, -0.1) is 0 Å². The number of aliphatic hydroxyl groups is 1. The summed E-state index contributed by atoms with van der Waals surface area (Å²) in [7, 11) is 0. The molecule has 0 spiro atoms. The van der Waals surface area contributed by atoms with E-state index in [9.17, 15) is 14.7 Å². The van der Waals surface area contributed by atoms with Crippen molar-refractivity contribution >= 4 is 11.8 Å². The first-order chi connectivity index (χ1) is 14.1. The maximum Gasteiger partial charge on any atom is 0.251 e.